The number of esters is 1. The second-order valence-corrected chi connectivity index (χ2v) is 3.47. The first kappa shape index (κ1) is 8.05. The third kappa shape index (κ3) is 1.22. The monoisotopic (exact) mass is 170 g/mol. The zero-order chi connectivity index (χ0) is 8.55. The van der Waals surface area contributed by atoms with Gasteiger partial charge in [0.1, 0.15) is 0 Å². The lowest BCUT2D eigenvalue weighted by Crippen LogP contribution is -2.27. The van der Waals surface area contributed by atoms with E-state index in [1.165, 1.54) is 0 Å². The van der Waals surface area contributed by atoms with Crippen molar-refractivity contribution in [1.29, 1.82) is 0 Å². The minimum absolute atomic E-state index is 0.0312. The Hall–Kier alpha value is -0.570. The fourth-order valence-electron chi connectivity index (χ4n) is 2.14. The van der Waals surface area contributed by atoms with Crippen LogP contribution in [0.5, 0.6) is 0 Å². The Balaban J connectivity index is 1.93. The van der Waals surface area contributed by atoms with E-state index in [4.69, 9.17) is 9.47 Å². The highest BCUT2D eigenvalue weighted by atomic mass is 16.5. The molecular formula is C9H14O3. The average Bonchev–Trinajstić information content (AvgIpc) is 2.64. The number of ether oxygens (including phenoxy) is 2. The summed E-state index contributed by atoms with van der Waals surface area (Å²) in [6.45, 7) is 2.32. The molecule has 2 bridgehead atoms. The van der Waals surface area contributed by atoms with Crippen molar-refractivity contribution in [2.45, 2.75) is 38.4 Å². The van der Waals surface area contributed by atoms with Crippen LogP contribution in [0.2, 0.25) is 0 Å². The van der Waals surface area contributed by atoms with Crippen LogP contribution in [-0.4, -0.2) is 24.8 Å². The van der Waals surface area contributed by atoms with E-state index in [9.17, 15) is 4.79 Å². The number of hydrogen-bond donors (Lipinski definition) is 0. The highest BCUT2D eigenvalue weighted by molar-refractivity contribution is 5.73. The molecule has 3 atom stereocenters. The zero-order valence-corrected chi connectivity index (χ0v) is 7.29. The molecule has 2 fully saturated rings. The van der Waals surface area contributed by atoms with E-state index in [0.29, 0.717) is 12.7 Å². The van der Waals surface area contributed by atoms with E-state index in [1.54, 1.807) is 0 Å². The average molecular weight is 170 g/mol. The van der Waals surface area contributed by atoms with Crippen LogP contribution in [0.3, 0.4) is 0 Å². The van der Waals surface area contributed by atoms with Gasteiger partial charge in [0.2, 0.25) is 0 Å². The Labute approximate surface area is 72.0 Å². The van der Waals surface area contributed by atoms with Crippen LogP contribution in [0.4, 0.5) is 0 Å². The first-order valence-corrected chi connectivity index (χ1v) is 4.63. The first-order valence-electron chi connectivity index (χ1n) is 4.63. The standard InChI is InChI=1S/C9H14O3/c1-2-11-9(10)7-5-6-3-4-8(7)12-6/h6-8H,2-5H2,1H3/t6-,7+,8+/m1/s1. The SMILES string of the molecule is CCOC(=O)[C@H]1C[C@H]2CC[C@@H]1O2. The maximum atomic E-state index is 11.3. The molecule has 2 aliphatic heterocycles. The molecule has 0 N–H and O–H groups in total. The molecule has 2 rings (SSSR count). The molecule has 68 valence electrons. The van der Waals surface area contributed by atoms with Crippen LogP contribution in [0.1, 0.15) is 26.2 Å². The van der Waals surface area contributed by atoms with Gasteiger partial charge in [-0.3, -0.25) is 4.79 Å². The molecule has 12 heavy (non-hydrogen) atoms. The number of rotatable bonds is 2. The van der Waals surface area contributed by atoms with E-state index < -0.39 is 0 Å². The molecule has 2 heterocycles. The molecule has 2 aliphatic rings. The van der Waals surface area contributed by atoms with Gasteiger partial charge in [-0.1, -0.05) is 0 Å². The quantitative estimate of drug-likeness (QED) is 0.582. The summed E-state index contributed by atoms with van der Waals surface area (Å²) in [4.78, 5) is 11.3. The second kappa shape index (κ2) is 3.05. The molecule has 0 aromatic rings. The van der Waals surface area contributed by atoms with Crippen LogP contribution >= 0.6 is 0 Å². The van der Waals surface area contributed by atoms with E-state index in [1.807, 2.05) is 6.92 Å². The molecule has 3 heteroatoms. The van der Waals surface area contributed by atoms with E-state index in [-0.39, 0.29) is 18.0 Å². The molecule has 0 aliphatic carbocycles. The largest absolute Gasteiger partial charge is 0.466 e. The van der Waals surface area contributed by atoms with Crippen LogP contribution in [-0.2, 0) is 14.3 Å². The van der Waals surface area contributed by atoms with Gasteiger partial charge in [-0.05, 0) is 26.2 Å². The normalized spacial score (nSPS) is 38.6. The lowest BCUT2D eigenvalue weighted by molar-refractivity contribution is -0.149. The van der Waals surface area contributed by atoms with Crippen LogP contribution < -0.4 is 0 Å². The predicted octanol–water partition coefficient (Wildman–Crippen LogP) is 1.12. The van der Waals surface area contributed by atoms with Crippen LogP contribution in [0.15, 0.2) is 0 Å². The molecular weight excluding hydrogens is 156 g/mol. The zero-order valence-electron chi connectivity index (χ0n) is 7.29. The Morgan fingerprint density at radius 2 is 2.42 bits per heavy atom. The van der Waals surface area contributed by atoms with Gasteiger partial charge in [0.25, 0.3) is 0 Å². The van der Waals surface area contributed by atoms with Crippen LogP contribution in [0, 0.1) is 5.92 Å². The summed E-state index contributed by atoms with van der Waals surface area (Å²) < 4.78 is 10.5. The Bertz CT molecular complexity index is 190. The molecule has 0 aromatic carbocycles. The summed E-state index contributed by atoms with van der Waals surface area (Å²) in [7, 11) is 0. The van der Waals surface area contributed by atoms with Gasteiger partial charge >= 0.3 is 5.97 Å². The van der Waals surface area contributed by atoms with Gasteiger partial charge in [0, 0.05) is 0 Å². The predicted molar refractivity (Wildman–Crippen MR) is 42.6 cm³/mol. The number of fused-ring (bicyclic) bond motifs is 2. The number of hydrogen-bond acceptors (Lipinski definition) is 3. The van der Waals surface area contributed by atoms with Crippen molar-refractivity contribution in [2.75, 3.05) is 6.61 Å². The summed E-state index contributed by atoms with van der Waals surface area (Å²) in [5, 5.41) is 0. The van der Waals surface area contributed by atoms with Crippen molar-refractivity contribution < 1.29 is 14.3 Å². The van der Waals surface area contributed by atoms with E-state index >= 15 is 0 Å². The molecule has 2 saturated heterocycles. The molecule has 0 aromatic heterocycles. The van der Waals surface area contributed by atoms with Crippen molar-refractivity contribution in [3.8, 4) is 0 Å². The van der Waals surface area contributed by atoms with Crippen molar-refractivity contribution >= 4 is 5.97 Å². The van der Waals surface area contributed by atoms with Crippen molar-refractivity contribution in [1.82, 2.24) is 0 Å². The summed E-state index contributed by atoms with van der Waals surface area (Å²) in [6, 6.07) is 0. The topological polar surface area (TPSA) is 35.5 Å². The summed E-state index contributed by atoms with van der Waals surface area (Å²) >= 11 is 0. The van der Waals surface area contributed by atoms with E-state index in [2.05, 4.69) is 0 Å². The Kier molecular flexibility index (Phi) is 2.05. The highest BCUT2D eigenvalue weighted by Crippen LogP contribution is 2.39. The summed E-state index contributed by atoms with van der Waals surface area (Å²) in [5.41, 5.74) is 0. The highest BCUT2D eigenvalue weighted by Gasteiger charge is 2.45. The first-order chi connectivity index (χ1) is 5.81. The summed E-state index contributed by atoms with van der Waals surface area (Å²) in [6.07, 6.45) is 3.54. The lowest BCUT2D eigenvalue weighted by Gasteiger charge is -2.16. The molecule has 0 radical (unpaired) electrons. The number of carbonyl (C=O) groups excluding carboxylic acids is 1. The van der Waals surface area contributed by atoms with Gasteiger partial charge in [-0.15, -0.1) is 0 Å². The van der Waals surface area contributed by atoms with Gasteiger partial charge in [-0.25, -0.2) is 0 Å². The molecule has 3 nitrogen and oxygen atoms in total. The number of carbonyl (C=O) groups is 1. The maximum Gasteiger partial charge on any atom is 0.311 e. The van der Waals surface area contributed by atoms with Gasteiger partial charge < -0.3 is 9.47 Å². The van der Waals surface area contributed by atoms with Crippen molar-refractivity contribution in [3.05, 3.63) is 0 Å². The fraction of sp³-hybridized carbons (Fsp3) is 0.889. The molecule has 0 amide bonds. The Morgan fingerprint density at radius 3 is 2.92 bits per heavy atom. The third-order valence-corrected chi connectivity index (χ3v) is 2.70. The summed E-state index contributed by atoms with van der Waals surface area (Å²) in [5.74, 6) is -0.0339. The van der Waals surface area contributed by atoms with Gasteiger partial charge in [0.15, 0.2) is 0 Å². The lowest BCUT2D eigenvalue weighted by atomic mass is 9.89. The second-order valence-electron chi connectivity index (χ2n) is 3.47. The van der Waals surface area contributed by atoms with Crippen LogP contribution in [0.25, 0.3) is 0 Å². The van der Waals surface area contributed by atoms with Gasteiger partial charge in [0.05, 0.1) is 24.7 Å². The smallest absolute Gasteiger partial charge is 0.311 e. The third-order valence-electron chi connectivity index (χ3n) is 2.70. The molecule has 0 spiro atoms. The minimum Gasteiger partial charge on any atom is -0.466 e. The van der Waals surface area contributed by atoms with E-state index in [0.717, 1.165) is 19.3 Å². The maximum absolute atomic E-state index is 11.3. The molecule has 0 unspecified atom stereocenters. The van der Waals surface area contributed by atoms with Crippen molar-refractivity contribution in [3.63, 3.8) is 0 Å². The minimum atomic E-state index is -0.0651. The Morgan fingerprint density at radius 1 is 1.58 bits per heavy atom. The molecule has 0 saturated carbocycles. The fourth-order valence-corrected chi connectivity index (χ4v) is 2.14. The van der Waals surface area contributed by atoms with Gasteiger partial charge in [-0.2, -0.15) is 0 Å². The van der Waals surface area contributed by atoms with Crippen molar-refractivity contribution in [2.24, 2.45) is 5.92 Å².